The van der Waals surface area contributed by atoms with E-state index in [1.165, 1.54) is 0 Å². The number of rotatable bonds is 4. The van der Waals surface area contributed by atoms with Crippen LogP contribution in [0.4, 0.5) is 4.39 Å². The molecule has 0 saturated heterocycles. The van der Waals surface area contributed by atoms with Crippen LogP contribution in [0.2, 0.25) is 0 Å². The molecule has 0 spiro atoms. The Labute approximate surface area is 97.9 Å². The molecule has 0 radical (unpaired) electrons. The van der Waals surface area contributed by atoms with Gasteiger partial charge in [0.25, 0.3) is 0 Å². The fourth-order valence-electron chi connectivity index (χ4n) is 2.22. The molecule has 1 rings (SSSR count). The first-order chi connectivity index (χ1) is 7.30. The maximum atomic E-state index is 13.4. The molecule has 0 aromatic carbocycles. The molecule has 3 unspecified atom stereocenters. The molecule has 0 aromatic heterocycles. The summed E-state index contributed by atoms with van der Waals surface area (Å²) in [5.41, 5.74) is 0. The minimum Gasteiger partial charge on any atom is -0.247 e. The van der Waals surface area contributed by atoms with Crippen LogP contribution in [0, 0.1) is 11.8 Å². The highest BCUT2D eigenvalue weighted by atomic mass is 32.2. The maximum Gasteiger partial charge on any atom is 0.212 e. The van der Waals surface area contributed by atoms with E-state index in [-0.39, 0.29) is 23.6 Å². The summed E-state index contributed by atoms with van der Waals surface area (Å²) >= 11 is 0. The molecule has 1 aliphatic rings. The van der Waals surface area contributed by atoms with Gasteiger partial charge in [-0.15, -0.1) is 0 Å². The molecular formula is C11H22FNO2S. The highest BCUT2D eigenvalue weighted by molar-refractivity contribution is 7.89. The van der Waals surface area contributed by atoms with Crippen LogP contribution in [-0.4, -0.2) is 26.4 Å². The molecule has 1 saturated carbocycles. The van der Waals surface area contributed by atoms with Gasteiger partial charge in [0.15, 0.2) is 0 Å². The van der Waals surface area contributed by atoms with E-state index >= 15 is 0 Å². The summed E-state index contributed by atoms with van der Waals surface area (Å²) in [4.78, 5) is 0. The average molecular weight is 251 g/mol. The van der Waals surface area contributed by atoms with Gasteiger partial charge in [0, 0.05) is 6.04 Å². The quantitative estimate of drug-likeness (QED) is 0.831. The summed E-state index contributed by atoms with van der Waals surface area (Å²) in [7, 11) is -3.24. The van der Waals surface area contributed by atoms with Crippen molar-refractivity contribution in [2.45, 2.75) is 52.2 Å². The topological polar surface area (TPSA) is 46.2 Å². The molecule has 0 bridgehead atoms. The molecule has 0 aromatic rings. The van der Waals surface area contributed by atoms with E-state index < -0.39 is 16.2 Å². The number of hydrogen-bond donors (Lipinski definition) is 1. The van der Waals surface area contributed by atoms with E-state index in [9.17, 15) is 12.8 Å². The van der Waals surface area contributed by atoms with E-state index in [4.69, 9.17) is 0 Å². The van der Waals surface area contributed by atoms with E-state index in [1.807, 2.05) is 6.92 Å². The second-order valence-electron chi connectivity index (χ2n) is 5.23. The smallest absolute Gasteiger partial charge is 0.212 e. The van der Waals surface area contributed by atoms with Gasteiger partial charge in [-0.25, -0.2) is 17.5 Å². The SMILES string of the molecule is CC(C)NS(=O)(=O)CC1CCC(C)C(F)C1. The highest BCUT2D eigenvalue weighted by Crippen LogP contribution is 2.31. The third-order valence-electron chi connectivity index (χ3n) is 3.08. The van der Waals surface area contributed by atoms with Crippen molar-refractivity contribution < 1.29 is 12.8 Å². The fraction of sp³-hybridized carbons (Fsp3) is 1.00. The lowest BCUT2D eigenvalue weighted by Crippen LogP contribution is -2.37. The third kappa shape index (κ3) is 4.37. The van der Waals surface area contributed by atoms with Gasteiger partial charge in [-0.3, -0.25) is 0 Å². The van der Waals surface area contributed by atoms with E-state index in [1.54, 1.807) is 13.8 Å². The molecule has 96 valence electrons. The van der Waals surface area contributed by atoms with Crippen LogP contribution in [0.5, 0.6) is 0 Å². The number of nitrogens with one attached hydrogen (secondary N) is 1. The largest absolute Gasteiger partial charge is 0.247 e. The van der Waals surface area contributed by atoms with Crippen molar-refractivity contribution in [3.63, 3.8) is 0 Å². The molecule has 3 nitrogen and oxygen atoms in total. The first-order valence-electron chi connectivity index (χ1n) is 5.94. The lowest BCUT2D eigenvalue weighted by atomic mass is 9.82. The van der Waals surface area contributed by atoms with Crippen molar-refractivity contribution >= 4 is 10.0 Å². The normalized spacial score (nSPS) is 31.9. The van der Waals surface area contributed by atoms with Crippen LogP contribution < -0.4 is 4.72 Å². The van der Waals surface area contributed by atoms with Crippen molar-refractivity contribution in [1.82, 2.24) is 4.72 Å². The van der Waals surface area contributed by atoms with Gasteiger partial charge in [-0.05, 0) is 44.9 Å². The van der Waals surface area contributed by atoms with Crippen LogP contribution >= 0.6 is 0 Å². The van der Waals surface area contributed by atoms with Gasteiger partial charge in [0.1, 0.15) is 6.17 Å². The van der Waals surface area contributed by atoms with Gasteiger partial charge in [0.2, 0.25) is 10.0 Å². The summed E-state index contributed by atoms with van der Waals surface area (Å²) in [5.74, 6) is 0.123. The van der Waals surface area contributed by atoms with Crippen molar-refractivity contribution in [1.29, 1.82) is 0 Å². The number of sulfonamides is 1. The van der Waals surface area contributed by atoms with Crippen molar-refractivity contribution in [2.75, 3.05) is 5.75 Å². The van der Waals surface area contributed by atoms with E-state index in [0.717, 1.165) is 12.8 Å². The highest BCUT2D eigenvalue weighted by Gasteiger charge is 2.30. The molecule has 0 aliphatic heterocycles. The number of alkyl halides is 1. The Hall–Kier alpha value is -0.160. The zero-order valence-corrected chi connectivity index (χ0v) is 11.1. The minimum atomic E-state index is -3.24. The van der Waals surface area contributed by atoms with Gasteiger partial charge < -0.3 is 0 Å². The Morgan fingerprint density at radius 2 is 2.00 bits per heavy atom. The van der Waals surface area contributed by atoms with Crippen LogP contribution in [0.3, 0.4) is 0 Å². The fourth-order valence-corrected chi connectivity index (χ4v) is 3.95. The predicted octanol–water partition coefficient (Wildman–Crippen LogP) is 2.09. The Kier molecular flexibility index (Phi) is 4.73. The summed E-state index contributed by atoms with van der Waals surface area (Å²) in [5, 5.41) is 0. The average Bonchev–Trinajstić information content (AvgIpc) is 2.08. The van der Waals surface area contributed by atoms with E-state index in [0.29, 0.717) is 6.42 Å². The molecule has 3 atom stereocenters. The van der Waals surface area contributed by atoms with Crippen molar-refractivity contribution in [2.24, 2.45) is 11.8 Å². The van der Waals surface area contributed by atoms with Gasteiger partial charge in [0.05, 0.1) is 5.75 Å². The Bertz CT molecular complexity index is 316. The van der Waals surface area contributed by atoms with E-state index in [2.05, 4.69) is 4.72 Å². The lowest BCUT2D eigenvalue weighted by molar-refractivity contribution is 0.145. The predicted molar refractivity (Wildman–Crippen MR) is 63.5 cm³/mol. The molecule has 16 heavy (non-hydrogen) atoms. The van der Waals surface area contributed by atoms with Crippen LogP contribution in [0.15, 0.2) is 0 Å². The molecule has 0 heterocycles. The Balaban J connectivity index is 2.49. The summed E-state index contributed by atoms with van der Waals surface area (Å²) in [6.07, 6.45) is 1.16. The third-order valence-corrected chi connectivity index (χ3v) is 4.82. The number of halogens is 1. The van der Waals surface area contributed by atoms with Crippen LogP contribution in [-0.2, 0) is 10.0 Å². The molecule has 1 N–H and O–H groups in total. The van der Waals surface area contributed by atoms with Crippen LogP contribution in [0.25, 0.3) is 0 Å². The molecule has 5 heteroatoms. The zero-order valence-electron chi connectivity index (χ0n) is 10.2. The van der Waals surface area contributed by atoms with Crippen molar-refractivity contribution in [3.05, 3.63) is 0 Å². The van der Waals surface area contributed by atoms with Gasteiger partial charge in [-0.1, -0.05) is 6.92 Å². The molecule has 1 aliphatic carbocycles. The second kappa shape index (κ2) is 5.45. The zero-order chi connectivity index (χ0) is 12.3. The van der Waals surface area contributed by atoms with Crippen molar-refractivity contribution in [3.8, 4) is 0 Å². The van der Waals surface area contributed by atoms with Crippen LogP contribution in [0.1, 0.15) is 40.0 Å². The standard InChI is InChI=1S/C11H22FNO2S/c1-8(2)13-16(14,15)7-10-5-4-9(3)11(12)6-10/h8-11,13H,4-7H2,1-3H3. The van der Waals surface area contributed by atoms with Gasteiger partial charge in [-0.2, -0.15) is 0 Å². The molecule has 1 fully saturated rings. The maximum absolute atomic E-state index is 13.4. The van der Waals surface area contributed by atoms with Gasteiger partial charge >= 0.3 is 0 Å². The first kappa shape index (κ1) is 13.9. The Morgan fingerprint density at radius 3 is 2.50 bits per heavy atom. The molecular weight excluding hydrogens is 229 g/mol. The molecule has 0 amide bonds. The summed E-state index contributed by atoms with van der Waals surface area (Å²) in [6.45, 7) is 5.47. The second-order valence-corrected chi connectivity index (χ2v) is 7.02. The lowest BCUT2D eigenvalue weighted by Gasteiger charge is -2.29. The number of hydrogen-bond acceptors (Lipinski definition) is 2. The summed E-state index contributed by atoms with van der Waals surface area (Å²) in [6, 6.07) is -0.0892. The first-order valence-corrected chi connectivity index (χ1v) is 7.59. The Morgan fingerprint density at radius 1 is 1.38 bits per heavy atom. The minimum absolute atomic E-state index is 0.0255. The monoisotopic (exact) mass is 251 g/mol. The summed E-state index contributed by atoms with van der Waals surface area (Å²) < 4.78 is 39.3.